The fourth-order valence-electron chi connectivity index (χ4n) is 9.34. The summed E-state index contributed by atoms with van der Waals surface area (Å²) in [5.74, 6) is 1.11. The van der Waals surface area contributed by atoms with Gasteiger partial charge in [0.15, 0.2) is 0 Å². The molecule has 4 amide bonds. The van der Waals surface area contributed by atoms with E-state index in [4.69, 9.17) is 24.2 Å². The van der Waals surface area contributed by atoms with E-state index >= 15 is 0 Å². The van der Waals surface area contributed by atoms with Crippen LogP contribution in [-0.4, -0.2) is 114 Å². The summed E-state index contributed by atoms with van der Waals surface area (Å²) >= 11 is 0. The molecule has 4 atom stereocenters. The van der Waals surface area contributed by atoms with Gasteiger partial charge in [-0.05, 0) is 89.7 Å². The number of ether oxygens (including phenoxy) is 3. The van der Waals surface area contributed by atoms with E-state index in [9.17, 15) is 19.2 Å². The quantitative estimate of drug-likeness (QED) is 0.107. The van der Waals surface area contributed by atoms with Gasteiger partial charge in [0.2, 0.25) is 11.8 Å². The number of alkyl carbamates (subject to hydrolysis) is 2. The summed E-state index contributed by atoms with van der Waals surface area (Å²) < 4.78 is 15.3. The minimum Gasteiger partial charge on any atom is -0.453 e. The van der Waals surface area contributed by atoms with E-state index in [1.807, 2.05) is 35.9 Å². The first-order valence-corrected chi connectivity index (χ1v) is 24.7. The van der Waals surface area contributed by atoms with Gasteiger partial charge < -0.3 is 44.6 Å². The molecule has 3 aromatic carbocycles. The molecule has 0 bridgehead atoms. The van der Waals surface area contributed by atoms with Gasteiger partial charge in [0, 0.05) is 37.7 Å². The van der Waals surface area contributed by atoms with Crippen LogP contribution in [0.25, 0.3) is 44.2 Å². The van der Waals surface area contributed by atoms with Crippen molar-refractivity contribution in [1.82, 2.24) is 40.4 Å². The van der Waals surface area contributed by atoms with Crippen molar-refractivity contribution < 1.29 is 33.4 Å². The number of amides is 4. The second-order valence-electron chi connectivity index (χ2n) is 17.8. The molecule has 61 heavy (non-hydrogen) atoms. The Morgan fingerprint density at radius 2 is 1.48 bits per heavy atom. The lowest BCUT2D eigenvalue weighted by Crippen LogP contribution is -2.53. The van der Waals surface area contributed by atoms with E-state index in [0.29, 0.717) is 38.8 Å². The van der Waals surface area contributed by atoms with Crippen LogP contribution in [0.2, 0.25) is 19.1 Å². The molecule has 5 heterocycles. The monoisotopic (exact) mass is 848 g/mol. The zero-order valence-electron chi connectivity index (χ0n) is 35.7. The Labute approximate surface area is 356 Å². The SMILES string of the molecule is COC(=O)N[C@H](C(=O)N1CCC[C@H]1c1nc(-c2ccc3cc(-c4ccc5nc([C@@H]6C[Si](C)(C)CN6C(=O)[C@@H](NC(=O)OC)C6CCOCC6)[nH]c5c4)ccc3c2)c[nH]1)C(C)C. The highest BCUT2D eigenvalue weighted by Gasteiger charge is 2.47. The highest BCUT2D eigenvalue weighted by molar-refractivity contribution is 6.78. The molecule has 0 radical (unpaired) electrons. The first-order valence-electron chi connectivity index (χ1n) is 21.3. The van der Waals surface area contributed by atoms with Crippen LogP contribution in [0, 0.1) is 11.8 Å². The van der Waals surface area contributed by atoms with Crippen LogP contribution in [0.3, 0.4) is 0 Å². The molecule has 3 saturated heterocycles. The van der Waals surface area contributed by atoms with Crippen molar-refractivity contribution in [3.63, 3.8) is 0 Å². The number of H-pyrrole nitrogens is 2. The summed E-state index contributed by atoms with van der Waals surface area (Å²) in [5, 5.41) is 7.72. The molecule has 3 aliphatic rings. The van der Waals surface area contributed by atoms with E-state index in [1.54, 1.807) is 0 Å². The number of carbonyl (C=O) groups excluding carboxylic acids is 4. The Morgan fingerprint density at radius 3 is 2.20 bits per heavy atom. The van der Waals surface area contributed by atoms with Crippen LogP contribution in [0.4, 0.5) is 9.59 Å². The smallest absolute Gasteiger partial charge is 0.407 e. The van der Waals surface area contributed by atoms with E-state index in [0.717, 1.165) is 74.7 Å². The molecule has 0 aliphatic carbocycles. The molecule has 4 N–H and O–H groups in total. The number of carbonyl (C=O) groups is 4. The molecule has 3 fully saturated rings. The number of methoxy groups -OCH3 is 2. The molecule has 0 saturated carbocycles. The fraction of sp³-hybridized carbons (Fsp3) is 0.467. The molecule has 5 aromatic rings. The zero-order valence-corrected chi connectivity index (χ0v) is 36.7. The largest absolute Gasteiger partial charge is 0.453 e. The number of hydrogen-bond acceptors (Lipinski definition) is 9. The maximum absolute atomic E-state index is 14.4. The second kappa shape index (κ2) is 17.3. The maximum atomic E-state index is 14.4. The molecule has 8 rings (SSSR count). The lowest BCUT2D eigenvalue weighted by atomic mass is 9.90. The first kappa shape index (κ1) is 42.0. The van der Waals surface area contributed by atoms with Gasteiger partial charge in [0.05, 0.1) is 51.1 Å². The van der Waals surface area contributed by atoms with Gasteiger partial charge in [-0.3, -0.25) is 9.59 Å². The fourth-order valence-corrected chi connectivity index (χ4v) is 12.2. The lowest BCUT2D eigenvalue weighted by molar-refractivity contribution is -0.136. The van der Waals surface area contributed by atoms with Gasteiger partial charge in [-0.2, -0.15) is 0 Å². The van der Waals surface area contributed by atoms with E-state index in [1.165, 1.54) is 14.2 Å². The summed E-state index contributed by atoms with van der Waals surface area (Å²) in [7, 11) is 0.808. The van der Waals surface area contributed by atoms with Crippen molar-refractivity contribution in [2.75, 3.05) is 40.1 Å². The number of rotatable bonds is 10. The number of benzene rings is 3. The highest BCUT2D eigenvalue weighted by atomic mass is 28.3. The summed E-state index contributed by atoms with van der Waals surface area (Å²) in [6.07, 6.45) is 4.34. The third-order valence-corrected chi connectivity index (χ3v) is 15.3. The van der Waals surface area contributed by atoms with E-state index < -0.39 is 32.3 Å². The van der Waals surface area contributed by atoms with Crippen molar-refractivity contribution in [2.24, 2.45) is 11.8 Å². The number of hydrogen-bond donors (Lipinski definition) is 4. The van der Waals surface area contributed by atoms with Gasteiger partial charge in [0.1, 0.15) is 23.7 Å². The minimum absolute atomic E-state index is 0.0363. The number of nitrogens with one attached hydrogen (secondary N) is 4. The average Bonchev–Trinajstić information content (AvgIpc) is 4.09. The molecule has 322 valence electrons. The molecular formula is C45H56N8O7Si. The Kier molecular flexibility index (Phi) is 11.9. The van der Waals surface area contributed by atoms with E-state index in [2.05, 4.69) is 82.2 Å². The first-order chi connectivity index (χ1) is 29.3. The van der Waals surface area contributed by atoms with Crippen molar-refractivity contribution in [3.8, 4) is 22.4 Å². The molecule has 16 heteroatoms. The molecule has 0 unspecified atom stereocenters. The van der Waals surface area contributed by atoms with Gasteiger partial charge in [-0.1, -0.05) is 57.3 Å². The predicted octanol–water partition coefficient (Wildman–Crippen LogP) is 7.10. The molecule has 3 aliphatic heterocycles. The summed E-state index contributed by atoms with van der Waals surface area (Å²) in [6, 6.07) is 18.0. The molecule has 0 spiro atoms. The zero-order chi connectivity index (χ0) is 43.0. The Morgan fingerprint density at radius 1 is 0.803 bits per heavy atom. The van der Waals surface area contributed by atoms with Crippen molar-refractivity contribution in [1.29, 1.82) is 0 Å². The third-order valence-electron chi connectivity index (χ3n) is 12.6. The van der Waals surface area contributed by atoms with Gasteiger partial charge in [0.25, 0.3) is 0 Å². The highest BCUT2D eigenvalue weighted by Crippen LogP contribution is 2.40. The van der Waals surface area contributed by atoms with Crippen LogP contribution in [0.1, 0.15) is 63.3 Å². The third kappa shape index (κ3) is 8.73. The maximum Gasteiger partial charge on any atom is 0.407 e. The summed E-state index contributed by atoms with van der Waals surface area (Å²) in [4.78, 5) is 73.1. The Bertz CT molecular complexity index is 2440. The van der Waals surface area contributed by atoms with Gasteiger partial charge >= 0.3 is 12.2 Å². The lowest BCUT2D eigenvalue weighted by Gasteiger charge is -2.34. The molecule has 15 nitrogen and oxygen atoms in total. The number of imidazole rings is 2. The van der Waals surface area contributed by atoms with E-state index in [-0.39, 0.29) is 35.7 Å². The number of nitrogens with zero attached hydrogens (tertiary/aromatic N) is 4. The van der Waals surface area contributed by atoms with Crippen LogP contribution < -0.4 is 10.6 Å². The summed E-state index contributed by atoms with van der Waals surface area (Å²) in [5.41, 5.74) is 5.58. The number of aromatic amines is 2. The molecule has 2 aromatic heterocycles. The predicted molar refractivity (Wildman–Crippen MR) is 234 cm³/mol. The number of fused-ring (bicyclic) bond motifs is 2. The molecular weight excluding hydrogens is 793 g/mol. The van der Waals surface area contributed by atoms with Crippen molar-refractivity contribution in [3.05, 3.63) is 72.4 Å². The Hall–Kier alpha value is -5.74. The number of aromatic nitrogens is 4. The van der Waals surface area contributed by atoms with Crippen molar-refractivity contribution in [2.45, 2.75) is 82.8 Å². The van der Waals surface area contributed by atoms with Gasteiger partial charge in [-0.15, -0.1) is 0 Å². The minimum atomic E-state index is -1.80. The summed E-state index contributed by atoms with van der Waals surface area (Å²) in [6.45, 7) is 10.1. The topological polar surface area (TPSA) is 184 Å². The standard InChI is InChI=1S/C45H56N8O7Si/c1-26(2)38(50-44(56)58-3)42(54)52-17-7-8-36(52)40-46-23-35(49-40)32-12-11-28-20-29(9-10-30(28)21-32)31-13-14-33-34(22-31)48-41(47-33)37-24-61(5,6)25-53(37)43(55)39(51-45(57)59-4)27-15-18-60-19-16-27/h9-14,20-23,26-27,36-39H,7-8,15-19,24-25H2,1-6H3,(H,46,49)(H,47,48)(H,50,56)(H,51,57)/t36-,37-,38-,39-/m0/s1. The average molecular weight is 849 g/mol. The van der Waals surface area contributed by atoms with Gasteiger partial charge in [-0.25, -0.2) is 19.6 Å². The number of likely N-dealkylation sites (tertiary alicyclic amines) is 1. The Balaban J connectivity index is 0.998. The van der Waals surface area contributed by atoms with Crippen LogP contribution in [-0.2, 0) is 23.8 Å². The second-order valence-corrected chi connectivity index (χ2v) is 22.8. The van der Waals surface area contributed by atoms with Crippen LogP contribution in [0.15, 0.2) is 60.8 Å². The van der Waals surface area contributed by atoms with Crippen LogP contribution >= 0.6 is 0 Å². The normalized spacial score (nSPS) is 20.2. The van der Waals surface area contributed by atoms with Crippen molar-refractivity contribution >= 4 is 53.9 Å². The van der Waals surface area contributed by atoms with Crippen LogP contribution in [0.5, 0.6) is 0 Å².